The van der Waals surface area contributed by atoms with Crippen LogP contribution >= 0.6 is 0 Å². The SMILES string of the molecule is CCCCN(C)C(=O)[C@H](N)[C@@H](O)c1ccncc1. The van der Waals surface area contributed by atoms with Crippen LogP contribution in [-0.4, -0.2) is 40.5 Å². The number of amides is 1. The maximum absolute atomic E-state index is 12.0. The number of carbonyl (C=O) groups is 1. The molecule has 0 spiro atoms. The largest absolute Gasteiger partial charge is 0.386 e. The number of aliphatic hydroxyl groups is 1. The third-order valence-corrected chi connectivity index (χ3v) is 2.90. The number of aliphatic hydroxyl groups excluding tert-OH is 1. The van der Waals surface area contributed by atoms with E-state index in [-0.39, 0.29) is 5.91 Å². The third kappa shape index (κ3) is 3.78. The number of likely N-dealkylation sites (N-methyl/N-ethyl adjacent to an activating group) is 1. The van der Waals surface area contributed by atoms with Crippen LogP contribution < -0.4 is 5.73 Å². The van der Waals surface area contributed by atoms with Gasteiger partial charge < -0.3 is 15.7 Å². The summed E-state index contributed by atoms with van der Waals surface area (Å²) in [7, 11) is 1.71. The Kier molecular flexibility index (Phi) is 5.74. The second kappa shape index (κ2) is 7.08. The van der Waals surface area contributed by atoms with Gasteiger partial charge in [-0.05, 0) is 24.1 Å². The van der Waals surface area contributed by atoms with Gasteiger partial charge in [0.2, 0.25) is 5.91 Å². The van der Waals surface area contributed by atoms with Crippen LogP contribution in [0.5, 0.6) is 0 Å². The molecule has 18 heavy (non-hydrogen) atoms. The molecule has 5 heteroatoms. The summed E-state index contributed by atoms with van der Waals surface area (Å²) in [6.07, 6.45) is 4.08. The number of unbranched alkanes of at least 4 members (excludes halogenated alkanes) is 1. The van der Waals surface area contributed by atoms with Gasteiger partial charge in [-0.2, -0.15) is 0 Å². The Bertz CT molecular complexity index is 370. The maximum atomic E-state index is 12.0. The average Bonchev–Trinajstić information content (AvgIpc) is 2.43. The molecular weight excluding hydrogens is 230 g/mol. The summed E-state index contributed by atoms with van der Waals surface area (Å²) in [6, 6.07) is 2.38. The number of rotatable bonds is 6. The van der Waals surface area contributed by atoms with E-state index < -0.39 is 12.1 Å². The molecule has 0 saturated heterocycles. The van der Waals surface area contributed by atoms with E-state index in [2.05, 4.69) is 11.9 Å². The van der Waals surface area contributed by atoms with Crippen molar-refractivity contribution in [2.75, 3.05) is 13.6 Å². The van der Waals surface area contributed by atoms with Gasteiger partial charge in [-0.15, -0.1) is 0 Å². The summed E-state index contributed by atoms with van der Waals surface area (Å²) in [5.41, 5.74) is 6.41. The molecule has 0 aliphatic carbocycles. The van der Waals surface area contributed by atoms with Crippen LogP contribution in [0.2, 0.25) is 0 Å². The van der Waals surface area contributed by atoms with E-state index >= 15 is 0 Å². The first-order chi connectivity index (χ1) is 8.57. The Balaban J connectivity index is 2.63. The maximum Gasteiger partial charge on any atom is 0.242 e. The second-order valence-electron chi connectivity index (χ2n) is 4.36. The highest BCUT2D eigenvalue weighted by atomic mass is 16.3. The van der Waals surface area contributed by atoms with Crippen molar-refractivity contribution in [2.24, 2.45) is 5.73 Å². The molecule has 100 valence electrons. The van der Waals surface area contributed by atoms with Crippen LogP contribution in [0, 0.1) is 0 Å². The second-order valence-corrected chi connectivity index (χ2v) is 4.36. The van der Waals surface area contributed by atoms with Crippen molar-refractivity contribution in [1.29, 1.82) is 0 Å². The number of hydrogen-bond donors (Lipinski definition) is 2. The van der Waals surface area contributed by atoms with Gasteiger partial charge in [0.05, 0.1) is 0 Å². The minimum Gasteiger partial charge on any atom is -0.386 e. The third-order valence-electron chi connectivity index (χ3n) is 2.90. The van der Waals surface area contributed by atoms with Gasteiger partial charge in [-0.3, -0.25) is 9.78 Å². The van der Waals surface area contributed by atoms with Gasteiger partial charge in [0.1, 0.15) is 12.1 Å². The molecule has 3 N–H and O–H groups in total. The highest BCUT2D eigenvalue weighted by Gasteiger charge is 2.26. The lowest BCUT2D eigenvalue weighted by Crippen LogP contribution is -2.45. The van der Waals surface area contributed by atoms with Crippen LogP contribution in [0.3, 0.4) is 0 Å². The predicted molar refractivity (Wildman–Crippen MR) is 69.7 cm³/mol. The van der Waals surface area contributed by atoms with Crippen LogP contribution in [0.25, 0.3) is 0 Å². The highest BCUT2D eigenvalue weighted by Crippen LogP contribution is 2.15. The first-order valence-corrected chi connectivity index (χ1v) is 6.16. The average molecular weight is 251 g/mol. The zero-order chi connectivity index (χ0) is 13.5. The molecule has 0 unspecified atom stereocenters. The molecule has 0 fully saturated rings. The lowest BCUT2D eigenvalue weighted by molar-refractivity contribution is -0.134. The number of hydrogen-bond acceptors (Lipinski definition) is 4. The van der Waals surface area contributed by atoms with Crippen molar-refractivity contribution < 1.29 is 9.90 Å². The first-order valence-electron chi connectivity index (χ1n) is 6.16. The Morgan fingerprint density at radius 2 is 2.11 bits per heavy atom. The van der Waals surface area contributed by atoms with Gasteiger partial charge in [0.25, 0.3) is 0 Å². The van der Waals surface area contributed by atoms with E-state index in [0.717, 1.165) is 12.8 Å². The molecule has 1 aromatic heterocycles. The fraction of sp³-hybridized carbons (Fsp3) is 0.538. The van der Waals surface area contributed by atoms with Crippen molar-refractivity contribution >= 4 is 5.91 Å². The van der Waals surface area contributed by atoms with E-state index in [1.54, 1.807) is 36.5 Å². The summed E-state index contributed by atoms with van der Waals surface area (Å²) < 4.78 is 0. The lowest BCUT2D eigenvalue weighted by atomic mass is 10.0. The number of pyridine rings is 1. The molecule has 0 bridgehead atoms. The summed E-state index contributed by atoms with van der Waals surface area (Å²) in [5.74, 6) is -0.243. The van der Waals surface area contributed by atoms with Gasteiger partial charge >= 0.3 is 0 Å². The van der Waals surface area contributed by atoms with Gasteiger partial charge in [0.15, 0.2) is 0 Å². The Labute approximate surface area is 108 Å². The van der Waals surface area contributed by atoms with Crippen LogP contribution in [-0.2, 0) is 4.79 Å². The molecule has 0 aromatic carbocycles. The molecule has 1 aromatic rings. The van der Waals surface area contributed by atoms with Gasteiger partial charge in [-0.25, -0.2) is 0 Å². The van der Waals surface area contributed by atoms with Crippen molar-refractivity contribution in [3.63, 3.8) is 0 Å². The Morgan fingerprint density at radius 1 is 1.50 bits per heavy atom. The Morgan fingerprint density at radius 3 is 2.67 bits per heavy atom. The zero-order valence-electron chi connectivity index (χ0n) is 10.9. The van der Waals surface area contributed by atoms with E-state index in [4.69, 9.17) is 5.73 Å². The number of carbonyl (C=O) groups excluding carboxylic acids is 1. The molecule has 1 rings (SSSR count). The number of nitrogens with two attached hydrogens (primary N) is 1. The van der Waals surface area contributed by atoms with E-state index in [1.807, 2.05) is 0 Å². The highest BCUT2D eigenvalue weighted by molar-refractivity contribution is 5.82. The molecule has 1 amide bonds. The summed E-state index contributed by atoms with van der Waals surface area (Å²) in [4.78, 5) is 17.4. The monoisotopic (exact) mass is 251 g/mol. The van der Waals surface area contributed by atoms with Crippen LogP contribution in [0.15, 0.2) is 24.5 Å². The van der Waals surface area contributed by atoms with Gasteiger partial charge in [0, 0.05) is 26.0 Å². The standard InChI is InChI=1S/C13H21N3O2/c1-3-4-9-16(2)13(18)11(14)12(17)10-5-7-15-8-6-10/h5-8,11-12,17H,3-4,9,14H2,1-2H3/t11-,12+/m1/s1. The van der Waals surface area contributed by atoms with Gasteiger partial charge in [-0.1, -0.05) is 13.3 Å². The van der Waals surface area contributed by atoms with Crippen LogP contribution in [0.1, 0.15) is 31.4 Å². The molecule has 0 aliphatic rings. The van der Waals surface area contributed by atoms with Crippen molar-refractivity contribution in [1.82, 2.24) is 9.88 Å². The molecule has 5 nitrogen and oxygen atoms in total. The van der Waals surface area contributed by atoms with Crippen molar-refractivity contribution in [2.45, 2.75) is 31.9 Å². The summed E-state index contributed by atoms with van der Waals surface area (Å²) >= 11 is 0. The zero-order valence-corrected chi connectivity index (χ0v) is 10.9. The smallest absolute Gasteiger partial charge is 0.242 e. The first kappa shape index (κ1) is 14.6. The van der Waals surface area contributed by atoms with E-state index in [9.17, 15) is 9.90 Å². The summed E-state index contributed by atoms with van der Waals surface area (Å²) in [5, 5.41) is 10.0. The van der Waals surface area contributed by atoms with Crippen molar-refractivity contribution in [3.05, 3.63) is 30.1 Å². The summed E-state index contributed by atoms with van der Waals surface area (Å²) in [6.45, 7) is 2.72. The Hall–Kier alpha value is -1.46. The number of aromatic nitrogens is 1. The minimum absolute atomic E-state index is 0.243. The lowest BCUT2D eigenvalue weighted by Gasteiger charge is -2.24. The topological polar surface area (TPSA) is 79.5 Å². The van der Waals surface area contributed by atoms with Crippen molar-refractivity contribution in [3.8, 4) is 0 Å². The molecule has 0 radical (unpaired) electrons. The molecule has 0 aliphatic heterocycles. The van der Waals surface area contributed by atoms with Crippen LogP contribution in [0.4, 0.5) is 0 Å². The molecule has 2 atom stereocenters. The molecular formula is C13H21N3O2. The molecule has 0 saturated carbocycles. The normalized spacial score (nSPS) is 14.0. The number of nitrogens with zero attached hydrogens (tertiary/aromatic N) is 2. The molecule has 1 heterocycles. The minimum atomic E-state index is -0.996. The predicted octanol–water partition coefficient (Wildman–Crippen LogP) is 0.701. The van der Waals surface area contributed by atoms with E-state index in [1.165, 1.54) is 0 Å². The van der Waals surface area contributed by atoms with E-state index in [0.29, 0.717) is 12.1 Å². The quantitative estimate of drug-likeness (QED) is 0.780. The fourth-order valence-corrected chi connectivity index (χ4v) is 1.66. The fourth-order valence-electron chi connectivity index (χ4n) is 1.66.